The number of ether oxygens (including phenoxy) is 1. The van der Waals surface area contributed by atoms with Crippen LogP contribution in [0.15, 0.2) is 0 Å². The first-order chi connectivity index (χ1) is 4.95. The van der Waals surface area contributed by atoms with E-state index in [0.717, 1.165) is 0 Å². The minimum atomic E-state index is 0.00449. The third-order valence-corrected chi connectivity index (χ3v) is 1.13. The van der Waals surface area contributed by atoms with Crippen LogP contribution in [0.2, 0.25) is 0 Å². The third-order valence-electron chi connectivity index (χ3n) is 1.13. The Labute approximate surface area is 70.1 Å². The van der Waals surface area contributed by atoms with Crippen LogP contribution in [0.4, 0.5) is 0 Å². The van der Waals surface area contributed by atoms with Crippen LogP contribution >= 0.6 is 0 Å². The van der Waals surface area contributed by atoms with E-state index < -0.39 is 0 Å². The summed E-state index contributed by atoms with van der Waals surface area (Å²) >= 11 is 0. The monoisotopic (exact) mass is 153 g/mol. The van der Waals surface area contributed by atoms with E-state index in [1.807, 2.05) is 0 Å². The first-order valence-electron chi connectivity index (χ1n) is 3.81. The van der Waals surface area contributed by atoms with E-state index in [1.54, 1.807) is 7.11 Å². The highest BCUT2D eigenvalue weighted by Crippen LogP contribution is 2.10. The molecular formula is C10H17O. The zero-order valence-electron chi connectivity index (χ0n) is 7.90. The summed E-state index contributed by atoms with van der Waals surface area (Å²) in [7, 11) is 1.65. The summed E-state index contributed by atoms with van der Waals surface area (Å²) in [5, 5.41) is 0. The molecule has 0 bridgehead atoms. The highest BCUT2D eigenvalue weighted by Gasteiger charge is 2.03. The largest absolute Gasteiger partial charge is 0.380 e. The zero-order valence-corrected chi connectivity index (χ0v) is 7.90. The van der Waals surface area contributed by atoms with Crippen LogP contribution in [0, 0.1) is 24.2 Å². The van der Waals surface area contributed by atoms with E-state index in [0.29, 0.717) is 6.42 Å². The molecule has 63 valence electrons. The molecule has 0 aliphatic heterocycles. The Morgan fingerprint density at radius 2 is 2.00 bits per heavy atom. The van der Waals surface area contributed by atoms with Crippen LogP contribution in [0.3, 0.4) is 0 Å². The van der Waals surface area contributed by atoms with Crippen molar-refractivity contribution in [3.05, 3.63) is 6.92 Å². The van der Waals surface area contributed by atoms with Gasteiger partial charge in [-0.1, -0.05) is 5.92 Å². The Bertz CT molecular complexity index is 154. The number of methoxy groups -OCH3 is 1. The van der Waals surface area contributed by atoms with Gasteiger partial charge in [-0.15, -0.1) is 5.92 Å². The lowest BCUT2D eigenvalue weighted by Crippen LogP contribution is -2.04. The Kier molecular flexibility index (Phi) is 4.22. The van der Waals surface area contributed by atoms with Gasteiger partial charge in [0, 0.05) is 18.9 Å². The predicted molar refractivity (Wildman–Crippen MR) is 48.0 cm³/mol. The van der Waals surface area contributed by atoms with Gasteiger partial charge in [-0.25, -0.2) is 0 Å². The smallest absolute Gasteiger partial charge is 0.0681 e. The summed E-state index contributed by atoms with van der Waals surface area (Å²) in [6, 6.07) is 0. The molecule has 1 nitrogen and oxygen atoms in total. The summed E-state index contributed by atoms with van der Waals surface area (Å²) in [6.07, 6.45) is 0.721. The second-order valence-electron chi connectivity index (χ2n) is 3.61. The van der Waals surface area contributed by atoms with Gasteiger partial charge < -0.3 is 4.74 Å². The van der Waals surface area contributed by atoms with E-state index in [-0.39, 0.29) is 11.5 Å². The van der Waals surface area contributed by atoms with E-state index in [2.05, 4.69) is 39.5 Å². The van der Waals surface area contributed by atoms with Gasteiger partial charge in [-0.3, -0.25) is 0 Å². The molecule has 0 aromatic heterocycles. The summed E-state index contributed by atoms with van der Waals surface area (Å²) < 4.78 is 4.95. The molecule has 0 saturated heterocycles. The Hall–Kier alpha value is -0.480. The maximum Gasteiger partial charge on any atom is 0.0681 e. The van der Waals surface area contributed by atoms with E-state index in [9.17, 15) is 0 Å². The molecule has 1 heteroatoms. The normalized spacial score (nSPS) is 13.5. The lowest BCUT2D eigenvalue weighted by atomic mass is 9.98. The van der Waals surface area contributed by atoms with Crippen LogP contribution in [0.5, 0.6) is 0 Å². The van der Waals surface area contributed by atoms with Gasteiger partial charge >= 0.3 is 0 Å². The van der Waals surface area contributed by atoms with Crippen molar-refractivity contribution in [2.45, 2.75) is 33.3 Å². The predicted octanol–water partition coefficient (Wildman–Crippen LogP) is 2.28. The minimum absolute atomic E-state index is 0.00449. The maximum atomic E-state index is 4.95. The first kappa shape index (κ1) is 10.5. The Morgan fingerprint density at radius 3 is 2.36 bits per heavy atom. The Balaban J connectivity index is 3.73. The molecule has 0 N–H and O–H groups in total. The molecule has 0 aromatic rings. The van der Waals surface area contributed by atoms with Gasteiger partial charge in [0.25, 0.3) is 0 Å². The van der Waals surface area contributed by atoms with Gasteiger partial charge in [-0.05, 0) is 27.7 Å². The fourth-order valence-electron chi connectivity index (χ4n) is 0.513. The van der Waals surface area contributed by atoms with Crippen LogP contribution < -0.4 is 0 Å². The van der Waals surface area contributed by atoms with Crippen LogP contribution in [0.25, 0.3) is 0 Å². The topological polar surface area (TPSA) is 9.23 Å². The number of hydrogen-bond acceptors (Lipinski definition) is 1. The molecule has 0 rings (SSSR count). The van der Waals surface area contributed by atoms with Crippen molar-refractivity contribution in [2.24, 2.45) is 5.41 Å². The van der Waals surface area contributed by atoms with Crippen LogP contribution in [-0.2, 0) is 4.74 Å². The van der Waals surface area contributed by atoms with Crippen molar-refractivity contribution in [1.29, 1.82) is 0 Å². The van der Waals surface area contributed by atoms with Gasteiger partial charge in [0.2, 0.25) is 0 Å². The highest BCUT2D eigenvalue weighted by molar-refractivity contribution is 5.08. The molecule has 0 amide bonds. The average molecular weight is 153 g/mol. The molecule has 0 aliphatic rings. The number of hydrogen-bond donors (Lipinski definition) is 0. The minimum Gasteiger partial charge on any atom is -0.380 e. The molecular weight excluding hydrogens is 136 g/mol. The molecule has 0 fully saturated rings. The molecule has 11 heavy (non-hydrogen) atoms. The van der Waals surface area contributed by atoms with Gasteiger partial charge in [0.1, 0.15) is 0 Å². The van der Waals surface area contributed by atoms with Gasteiger partial charge in [0.05, 0.1) is 6.10 Å². The van der Waals surface area contributed by atoms with Crippen molar-refractivity contribution < 1.29 is 4.74 Å². The fourth-order valence-corrected chi connectivity index (χ4v) is 0.513. The zero-order chi connectivity index (χ0) is 8.91. The molecule has 1 atom stereocenters. The van der Waals surface area contributed by atoms with E-state index >= 15 is 0 Å². The third kappa shape index (κ3) is 7.42. The molecule has 0 spiro atoms. The van der Waals surface area contributed by atoms with Crippen LogP contribution in [-0.4, -0.2) is 13.2 Å². The molecule has 0 aromatic carbocycles. The van der Waals surface area contributed by atoms with Crippen molar-refractivity contribution in [3.8, 4) is 11.8 Å². The fraction of sp³-hybridized carbons (Fsp3) is 0.700. The molecule has 1 unspecified atom stereocenters. The standard InChI is InChI=1S/C10H17O/c1-9(11-5)7-6-8-10(2,3)4/h9H,1,7H2,2-5H3. The molecule has 0 saturated carbocycles. The summed E-state index contributed by atoms with van der Waals surface area (Å²) in [4.78, 5) is 0. The lowest BCUT2D eigenvalue weighted by molar-refractivity contribution is 0.143. The van der Waals surface area contributed by atoms with Gasteiger partial charge in [0.15, 0.2) is 0 Å². The highest BCUT2D eigenvalue weighted by atomic mass is 16.5. The second kappa shape index (κ2) is 4.41. The summed E-state index contributed by atoms with van der Waals surface area (Å²) in [6.45, 7) is 10.0. The van der Waals surface area contributed by atoms with E-state index in [1.165, 1.54) is 0 Å². The first-order valence-corrected chi connectivity index (χ1v) is 3.81. The maximum absolute atomic E-state index is 4.95. The Morgan fingerprint density at radius 1 is 1.45 bits per heavy atom. The van der Waals surface area contributed by atoms with E-state index in [4.69, 9.17) is 4.74 Å². The SMILES string of the molecule is [CH2]C(CC#CC(C)(C)C)OC. The van der Waals surface area contributed by atoms with Gasteiger partial charge in [-0.2, -0.15) is 0 Å². The average Bonchev–Trinajstić information content (AvgIpc) is 1.85. The van der Waals surface area contributed by atoms with Crippen molar-refractivity contribution in [3.63, 3.8) is 0 Å². The van der Waals surface area contributed by atoms with Crippen molar-refractivity contribution >= 4 is 0 Å². The second-order valence-corrected chi connectivity index (χ2v) is 3.61. The molecule has 0 aliphatic carbocycles. The summed E-state index contributed by atoms with van der Waals surface area (Å²) in [5.41, 5.74) is 0.0907. The lowest BCUT2D eigenvalue weighted by Gasteiger charge is -2.08. The van der Waals surface area contributed by atoms with Crippen molar-refractivity contribution in [2.75, 3.05) is 7.11 Å². The number of rotatable bonds is 2. The van der Waals surface area contributed by atoms with Crippen molar-refractivity contribution in [1.82, 2.24) is 0 Å². The van der Waals surface area contributed by atoms with Crippen LogP contribution in [0.1, 0.15) is 27.2 Å². The quantitative estimate of drug-likeness (QED) is 0.553. The molecule has 0 heterocycles. The summed E-state index contributed by atoms with van der Waals surface area (Å²) in [5.74, 6) is 6.16. The molecule has 1 radical (unpaired) electrons.